The van der Waals surface area contributed by atoms with Crippen LogP contribution in [0.5, 0.6) is 11.5 Å². The number of aromatic nitrogens is 2. The average Bonchev–Trinajstić information content (AvgIpc) is 3.59. The third-order valence-corrected chi connectivity index (χ3v) is 5.42. The number of Topliss-reactive ketones (excluding diaryl/α,β-unsaturated/α-hetero) is 1. The maximum atomic E-state index is 12.7. The molecule has 1 aliphatic rings. The first-order valence-corrected chi connectivity index (χ1v) is 11.7. The Morgan fingerprint density at radius 1 is 1.03 bits per heavy atom. The van der Waals surface area contributed by atoms with Gasteiger partial charge >= 0.3 is 6.09 Å². The highest BCUT2D eigenvalue weighted by atomic mass is 16.6. The van der Waals surface area contributed by atoms with E-state index in [-0.39, 0.29) is 11.7 Å². The fourth-order valence-electron chi connectivity index (χ4n) is 3.54. The minimum atomic E-state index is -0.539. The van der Waals surface area contributed by atoms with E-state index in [1.165, 1.54) is 0 Å². The number of nitrogens with zero attached hydrogens (tertiary/aromatic N) is 2. The van der Waals surface area contributed by atoms with Gasteiger partial charge in [-0.05, 0) is 88.2 Å². The van der Waals surface area contributed by atoms with E-state index < -0.39 is 11.7 Å². The summed E-state index contributed by atoms with van der Waals surface area (Å²) in [5.41, 5.74) is 2.50. The number of hydrogen-bond acceptors (Lipinski definition) is 6. The van der Waals surface area contributed by atoms with Gasteiger partial charge in [0.25, 0.3) is 0 Å². The fraction of sp³-hybridized carbons (Fsp3) is 0.370. The summed E-state index contributed by atoms with van der Waals surface area (Å²) >= 11 is 0. The molecule has 1 saturated carbocycles. The Labute approximate surface area is 205 Å². The number of nitrogens with one attached hydrogen (secondary N) is 1. The van der Waals surface area contributed by atoms with E-state index in [0.29, 0.717) is 24.6 Å². The van der Waals surface area contributed by atoms with E-state index in [1.807, 2.05) is 75.4 Å². The van der Waals surface area contributed by atoms with Crippen LogP contribution in [0.3, 0.4) is 0 Å². The van der Waals surface area contributed by atoms with Crippen molar-refractivity contribution in [3.8, 4) is 28.4 Å². The van der Waals surface area contributed by atoms with Crippen LogP contribution < -0.4 is 14.8 Å². The van der Waals surface area contributed by atoms with Gasteiger partial charge < -0.3 is 19.5 Å². The van der Waals surface area contributed by atoms with Gasteiger partial charge in [0.05, 0.1) is 25.0 Å². The normalized spacial score (nSPS) is 13.3. The number of ether oxygens (including phenoxy) is 3. The molecule has 1 heterocycles. The minimum absolute atomic E-state index is 0.0899. The van der Waals surface area contributed by atoms with Crippen molar-refractivity contribution in [1.29, 1.82) is 0 Å². The third-order valence-electron chi connectivity index (χ3n) is 5.42. The molecule has 3 aromatic rings. The Bertz CT molecular complexity index is 1170. The molecule has 184 valence electrons. The molecule has 0 radical (unpaired) electrons. The monoisotopic (exact) mass is 477 g/mol. The highest BCUT2D eigenvalue weighted by Crippen LogP contribution is 2.34. The summed E-state index contributed by atoms with van der Waals surface area (Å²) in [6.07, 6.45) is 1.39. The van der Waals surface area contributed by atoms with Crippen molar-refractivity contribution < 1.29 is 23.8 Å². The molecule has 1 amide bonds. The SMILES string of the molecule is COc1ccc(-n2nc(C(=O)C3CC3)cc2-c2ccc(OCCNC(=O)OC(C)(C)C)cc2)cc1. The summed E-state index contributed by atoms with van der Waals surface area (Å²) in [7, 11) is 1.62. The molecule has 0 spiro atoms. The zero-order valence-electron chi connectivity index (χ0n) is 20.5. The number of carbonyl (C=O) groups is 2. The first kappa shape index (κ1) is 24.3. The Hall–Kier alpha value is -3.81. The third kappa shape index (κ3) is 6.41. The van der Waals surface area contributed by atoms with E-state index in [9.17, 15) is 9.59 Å². The molecule has 8 nitrogen and oxygen atoms in total. The van der Waals surface area contributed by atoms with Crippen molar-refractivity contribution >= 4 is 11.9 Å². The van der Waals surface area contributed by atoms with Crippen molar-refractivity contribution in [2.24, 2.45) is 5.92 Å². The number of rotatable bonds is 9. The number of methoxy groups -OCH3 is 1. The van der Waals surface area contributed by atoms with Gasteiger partial charge in [0.2, 0.25) is 0 Å². The molecule has 1 aromatic heterocycles. The molecule has 0 atom stereocenters. The lowest BCUT2D eigenvalue weighted by molar-refractivity contribution is 0.0520. The van der Waals surface area contributed by atoms with E-state index in [2.05, 4.69) is 10.4 Å². The van der Waals surface area contributed by atoms with Crippen LogP contribution >= 0.6 is 0 Å². The lowest BCUT2D eigenvalue weighted by atomic mass is 10.1. The quantitative estimate of drug-likeness (QED) is 0.343. The van der Waals surface area contributed by atoms with Gasteiger partial charge in [-0.15, -0.1) is 0 Å². The van der Waals surface area contributed by atoms with Crippen molar-refractivity contribution in [3.05, 3.63) is 60.3 Å². The number of carbonyl (C=O) groups excluding carboxylic acids is 2. The van der Waals surface area contributed by atoms with Crippen molar-refractivity contribution in [1.82, 2.24) is 15.1 Å². The number of amides is 1. The Morgan fingerprint density at radius 3 is 2.29 bits per heavy atom. The van der Waals surface area contributed by atoms with Crippen LogP contribution in [0.25, 0.3) is 16.9 Å². The van der Waals surface area contributed by atoms with E-state index in [0.717, 1.165) is 35.5 Å². The molecule has 0 bridgehead atoms. The van der Waals surface area contributed by atoms with Crippen LogP contribution in [0.1, 0.15) is 44.1 Å². The Kier molecular flexibility index (Phi) is 7.10. The summed E-state index contributed by atoms with van der Waals surface area (Å²) in [6.45, 7) is 6.08. The Morgan fingerprint density at radius 2 is 1.69 bits per heavy atom. The van der Waals surface area contributed by atoms with Gasteiger partial charge in [-0.3, -0.25) is 4.79 Å². The van der Waals surface area contributed by atoms with Crippen molar-refractivity contribution in [2.45, 2.75) is 39.2 Å². The summed E-state index contributed by atoms with van der Waals surface area (Å²) in [5.74, 6) is 1.60. The topological polar surface area (TPSA) is 91.7 Å². The standard InChI is InChI=1S/C27H31N3O5/c1-27(2,3)35-26(32)28-15-16-34-22-11-7-18(8-12-22)24-17-23(25(31)19-5-6-19)29-30(24)20-9-13-21(33-4)14-10-20/h7-14,17,19H,5-6,15-16H2,1-4H3,(H,28,32). The molecular formula is C27H31N3O5. The molecular weight excluding hydrogens is 446 g/mol. The van der Waals surface area contributed by atoms with Crippen LogP contribution in [0, 0.1) is 5.92 Å². The molecule has 1 N–H and O–H groups in total. The molecule has 2 aromatic carbocycles. The average molecular weight is 478 g/mol. The van der Waals surface area contributed by atoms with E-state index in [4.69, 9.17) is 14.2 Å². The predicted molar refractivity (Wildman–Crippen MR) is 132 cm³/mol. The predicted octanol–water partition coefficient (Wildman–Crippen LogP) is 5.04. The van der Waals surface area contributed by atoms with Crippen molar-refractivity contribution in [3.63, 3.8) is 0 Å². The lowest BCUT2D eigenvalue weighted by Gasteiger charge is -2.19. The largest absolute Gasteiger partial charge is 0.497 e. The Balaban J connectivity index is 1.46. The molecule has 35 heavy (non-hydrogen) atoms. The molecule has 0 unspecified atom stereocenters. The summed E-state index contributed by atoms with van der Waals surface area (Å²) < 4.78 is 18.0. The van der Waals surface area contributed by atoms with Gasteiger partial charge in [-0.25, -0.2) is 9.48 Å². The second kappa shape index (κ2) is 10.2. The van der Waals surface area contributed by atoms with Crippen LogP contribution in [0.2, 0.25) is 0 Å². The fourth-order valence-corrected chi connectivity index (χ4v) is 3.54. The second-order valence-electron chi connectivity index (χ2n) is 9.46. The maximum Gasteiger partial charge on any atom is 0.407 e. The number of hydrogen-bond donors (Lipinski definition) is 1. The van der Waals surface area contributed by atoms with E-state index in [1.54, 1.807) is 11.8 Å². The first-order valence-electron chi connectivity index (χ1n) is 11.7. The van der Waals surface area contributed by atoms with E-state index >= 15 is 0 Å². The van der Waals surface area contributed by atoms with Crippen molar-refractivity contribution in [2.75, 3.05) is 20.3 Å². The summed E-state index contributed by atoms with van der Waals surface area (Å²) in [5, 5.41) is 7.31. The lowest BCUT2D eigenvalue weighted by Crippen LogP contribution is -2.34. The summed E-state index contributed by atoms with van der Waals surface area (Å²) in [6, 6.07) is 17.0. The number of benzene rings is 2. The number of alkyl carbamates (subject to hydrolysis) is 1. The van der Waals surface area contributed by atoms with Gasteiger partial charge in [0.15, 0.2) is 5.78 Å². The highest BCUT2D eigenvalue weighted by Gasteiger charge is 2.32. The summed E-state index contributed by atoms with van der Waals surface area (Å²) in [4.78, 5) is 24.4. The minimum Gasteiger partial charge on any atom is -0.497 e. The molecule has 4 rings (SSSR count). The molecule has 1 fully saturated rings. The van der Waals surface area contributed by atoms with Gasteiger partial charge in [-0.1, -0.05) is 0 Å². The second-order valence-corrected chi connectivity index (χ2v) is 9.46. The number of ketones is 1. The molecule has 0 saturated heterocycles. The van der Waals surface area contributed by atoms with Gasteiger partial charge in [0, 0.05) is 11.5 Å². The molecule has 0 aliphatic heterocycles. The van der Waals surface area contributed by atoms with Crippen LogP contribution in [0.4, 0.5) is 4.79 Å². The first-order chi connectivity index (χ1) is 16.7. The molecule has 1 aliphatic carbocycles. The van der Waals surface area contributed by atoms with Crippen LogP contribution in [-0.4, -0.2) is 47.5 Å². The highest BCUT2D eigenvalue weighted by molar-refractivity contribution is 5.98. The smallest absolute Gasteiger partial charge is 0.407 e. The van der Waals surface area contributed by atoms with Gasteiger partial charge in [-0.2, -0.15) is 5.10 Å². The molecule has 8 heteroatoms. The zero-order valence-corrected chi connectivity index (χ0v) is 20.5. The van der Waals surface area contributed by atoms with Gasteiger partial charge in [0.1, 0.15) is 29.4 Å². The zero-order chi connectivity index (χ0) is 25.0. The van der Waals surface area contributed by atoms with Crippen LogP contribution in [-0.2, 0) is 4.74 Å². The maximum absolute atomic E-state index is 12.7. The van der Waals surface area contributed by atoms with Crippen LogP contribution in [0.15, 0.2) is 54.6 Å².